The number of benzene rings is 1. The molecule has 0 bridgehead atoms. The molecule has 0 aromatic heterocycles. The second kappa shape index (κ2) is 3.33. The van der Waals surface area contributed by atoms with Crippen molar-refractivity contribution in [2.24, 2.45) is 5.92 Å². The van der Waals surface area contributed by atoms with Gasteiger partial charge < -0.3 is 0 Å². The van der Waals surface area contributed by atoms with Crippen LogP contribution in [0.4, 0.5) is 13.2 Å². The number of hydrogen-bond acceptors (Lipinski definition) is 1. The first kappa shape index (κ1) is 10.7. The van der Waals surface area contributed by atoms with Gasteiger partial charge in [-0.05, 0) is 30.2 Å². The van der Waals surface area contributed by atoms with Gasteiger partial charge in [0.15, 0.2) is 5.78 Å². The lowest BCUT2D eigenvalue weighted by atomic mass is 10.1. The molecule has 80 valence electrons. The van der Waals surface area contributed by atoms with E-state index in [2.05, 4.69) is 15.9 Å². The van der Waals surface area contributed by atoms with E-state index < -0.39 is 17.9 Å². The predicted octanol–water partition coefficient (Wildman–Crippen LogP) is 3.37. The van der Waals surface area contributed by atoms with Crippen LogP contribution in [0, 0.1) is 5.92 Å². The van der Waals surface area contributed by atoms with Crippen LogP contribution in [0.3, 0.4) is 0 Å². The number of carbonyl (C=O) groups is 1. The number of rotatable bonds is 0. The van der Waals surface area contributed by atoms with Gasteiger partial charge in [0, 0.05) is 10.0 Å². The Morgan fingerprint density at radius 1 is 1.33 bits per heavy atom. The Morgan fingerprint density at radius 3 is 2.60 bits per heavy atom. The van der Waals surface area contributed by atoms with Crippen molar-refractivity contribution in [1.29, 1.82) is 0 Å². The van der Waals surface area contributed by atoms with Crippen LogP contribution in [-0.4, -0.2) is 12.0 Å². The molecule has 15 heavy (non-hydrogen) atoms. The molecule has 0 radical (unpaired) electrons. The highest BCUT2D eigenvalue weighted by Gasteiger charge is 2.48. The first-order valence-corrected chi connectivity index (χ1v) is 5.08. The van der Waals surface area contributed by atoms with Crippen LogP contribution in [-0.2, 0) is 6.42 Å². The van der Waals surface area contributed by atoms with Crippen molar-refractivity contribution in [3.05, 3.63) is 33.8 Å². The van der Waals surface area contributed by atoms with E-state index in [9.17, 15) is 18.0 Å². The van der Waals surface area contributed by atoms with Gasteiger partial charge in [-0.25, -0.2) is 0 Å². The highest BCUT2D eigenvalue weighted by atomic mass is 79.9. The number of ketones is 1. The van der Waals surface area contributed by atoms with Gasteiger partial charge in [-0.3, -0.25) is 4.79 Å². The van der Waals surface area contributed by atoms with Crippen LogP contribution in [0.1, 0.15) is 15.9 Å². The molecular weight excluding hydrogens is 273 g/mol. The normalized spacial score (nSPS) is 20.5. The molecule has 5 heteroatoms. The maximum absolute atomic E-state index is 12.4. The molecule has 0 heterocycles. The van der Waals surface area contributed by atoms with Crippen LogP contribution < -0.4 is 0 Å². The number of alkyl halides is 3. The summed E-state index contributed by atoms with van der Waals surface area (Å²) in [6.45, 7) is 0. The third-order valence-corrected chi connectivity index (χ3v) is 2.96. The van der Waals surface area contributed by atoms with Crippen LogP contribution >= 0.6 is 15.9 Å². The van der Waals surface area contributed by atoms with E-state index in [1.165, 1.54) is 6.07 Å². The van der Waals surface area contributed by atoms with Crippen molar-refractivity contribution in [3.8, 4) is 0 Å². The van der Waals surface area contributed by atoms with Gasteiger partial charge in [0.25, 0.3) is 0 Å². The molecule has 0 saturated carbocycles. The Morgan fingerprint density at radius 2 is 2.00 bits per heavy atom. The topological polar surface area (TPSA) is 17.1 Å². The maximum Gasteiger partial charge on any atom is 0.399 e. The van der Waals surface area contributed by atoms with E-state index in [4.69, 9.17) is 0 Å². The van der Waals surface area contributed by atoms with Gasteiger partial charge >= 0.3 is 6.18 Å². The van der Waals surface area contributed by atoms with Gasteiger partial charge in [0.1, 0.15) is 5.92 Å². The summed E-state index contributed by atoms with van der Waals surface area (Å²) in [5, 5.41) is 0. The maximum atomic E-state index is 12.4. The Bertz CT molecular complexity index is 425. The summed E-state index contributed by atoms with van der Waals surface area (Å²) in [4.78, 5) is 11.4. The van der Waals surface area contributed by atoms with Gasteiger partial charge in [-0.2, -0.15) is 13.2 Å². The van der Waals surface area contributed by atoms with Gasteiger partial charge in [0.2, 0.25) is 0 Å². The SMILES string of the molecule is O=C1c2ccc(Br)cc2CC1C(F)(F)F. The molecule has 1 atom stereocenters. The summed E-state index contributed by atoms with van der Waals surface area (Å²) in [5.74, 6) is -2.67. The standard InChI is InChI=1S/C10H6BrF3O/c11-6-1-2-7-5(3-6)4-8(9(7)15)10(12,13)14/h1-3,8H,4H2. The zero-order valence-corrected chi connectivity index (χ0v) is 9.02. The molecule has 0 N–H and O–H groups in total. The van der Waals surface area contributed by atoms with Crippen molar-refractivity contribution < 1.29 is 18.0 Å². The molecule has 0 spiro atoms. The van der Waals surface area contributed by atoms with Gasteiger partial charge in [-0.15, -0.1) is 0 Å². The molecule has 1 nitrogen and oxygen atoms in total. The van der Waals surface area contributed by atoms with Gasteiger partial charge in [0.05, 0.1) is 0 Å². The number of hydrogen-bond donors (Lipinski definition) is 0. The highest BCUT2D eigenvalue weighted by molar-refractivity contribution is 9.10. The highest BCUT2D eigenvalue weighted by Crippen LogP contribution is 2.38. The van der Waals surface area contributed by atoms with E-state index in [-0.39, 0.29) is 12.0 Å². The number of carbonyl (C=O) groups excluding carboxylic acids is 1. The quantitative estimate of drug-likeness (QED) is 0.711. The Hall–Kier alpha value is -0.840. The summed E-state index contributed by atoms with van der Waals surface area (Å²) in [6, 6.07) is 4.59. The summed E-state index contributed by atoms with van der Waals surface area (Å²) in [7, 11) is 0. The van der Waals surface area contributed by atoms with E-state index in [0.717, 1.165) is 0 Å². The van der Waals surface area contributed by atoms with E-state index in [1.807, 2.05) is 0 Å². The zero-order chi connectivity index (χ0) is 11.2. The van der Waals surface area contributed by atoms with Crippen LogP contribution in [0.15, 0.2) is 22.7 Å². The molecule has 0 fully saturated rings. The Balaban J connectivity index is 2.42. The minimum atomic E-state index is -4.44. The van der Waals surface area contributed by atoms with E-state index in [0.29, 0.717) is 10.0 Å². The molecule has 1 aromatic carbocycles. The van der Waals surface area contributed by atoms with E-state index in [1.54, 1.807) is 12.1 Å². The number of halogens is 4. The van der Waals surface area contributed by atoms with Crippen LogP contribution in [0.25, 0.3) is 0 Å². The lowest BCUT2D eigenvalue weighted by Crippen LogP contribution is -2.27. The number of fused-ring (bicyclic) bond motifs is 1. The molecule has 1 aliphatic rings. The molecule has 0 amide bonds. The van der Waals surface area contributed by atoms with Crippen LogP contribution in [0.5, 0.6) is 0 Å². The largest absolute Gasteiger partial charge is 0.399 e. The minimum absolute atomic E-state index is 0.195. The fourth-order valence-electron chi connectivity index (χ4n) is 1.74. The first-order chi connectivity index (χ1) is 6.89. The molecule has 0 saturated heterocycles. The Labute approximate surface area is 92.4 Å². The molecular formula is C10H6BrF3O. The Kier molecular flexibility index (Phi) is 2.37. The average Bonchev–Trinajstić information content (AvgIpc) is 2.42. The average molecular weight is 279 g/mol. The molecule has 0 aliphatic heterocycles. The second-order valence-electron chi connectivity index (χ2n) is 3.46. The third kappa shape index (κ3) is 1.80. The lowest BCUT2D eigenvalue weighted by molar-refractivity contribution is -0.158. The monoisotopic (exact) mass is 278 g/mol. The molecule has 1 aliphatic carbocycles. The lowest BCUT2D eigenvalue weighted by Gasteiger charge is -2.11. The van der Waals surface area contributed by atoms with Crippen LogP contribution in [0.2, 0.25) is 0 Å². The summed E-state index contributed by atoms with van der Waals surface area (Å²) < 4.78 is 38.0. The predicted molar refractivity (Wildman–Crippen MR) is 51.7 cm³/mol. The molecule has 1 unspecified atom stereocenters. The summed E-state index contributed by atoms with van der Waals surface area (Å²) in [6.07, 6.45) is -4.68. The van der Waals surface area contributed by atoms with Gasteiger partial charge in [-0.1, -0.05) is 15.9 Å². The third-order valence-electron chi connectivity index (χ3n) is 2.47. The van der Waals surface area contributed by atoms with Crippen molar-refractivity contribution in [2.45, 2.75) is 12.6 Å². The van der Waals surface area contributed by atoms with E-state index >= 15 is 0 Å². The second-order valence-corrected chi connectivity index (χ2v) is 4.38. The zero-order valence-electron chi connectivity index (χ0n) is 7.44. The molecule has 1 aromatic rings. The summed E-state index contributed by atoms with van der Waals surface area (Å²) in [5.41, 5.74) is 0.664. The van der Waals surface area contributed by atoms with Crippen molar-refractivity contribution in [1.82, 2.24) is 0 Å². The van der Waals surface area contributed by atoms with Crippen molar-refractivity contribution >= 4 is 21.7 Å². The molecule has 2 rings (SSSR count). The number of Topliss-reactive ketones (excluding diaryl/α,β-unsaturated/α-hetero) is 1. The van der Waals surface area contributed by atoms with Crippen molar-refractivity contribution in [2.75, 3.05) is 0 Å². The van der Waals surface area contributed by atoms with Crippen molar-refractivity contribution in [3.63, 3.8) is 0 Å². The first-order valence-electron chi connectivity index (χ1n) is 4.29. The summed E-state index contributed by atoms with van der Waals surface area (Å²) >= 11 is 3.16. The fraction of sp³-hybridized carbons (Fsp3) is 0.300. The minimum Gasteiger partial charge on any atom is -0.293 e. The smallest absolute Gasteiger partial charge is 0.293 e. The fourth-order valence-corrected chi connectivity index (χ4v) is 2.14.